The molecule has 94 valence electrons. The van der Waals surface area contributed by atoms with E-state index in [9.17, 15) is 9.59 Å². The van der Waals surface area contributed by atoms with E-state index in [4.69, 9.17) is 4.74 Å². The summed E-state index contributed by atoms with van der Waals surface area (Å²) in [5.74, 6) is -0.208. The summed E-state index contributed by atoms with van der Waals surface area (Å²) in [6.45, 7) is 9.14. The third-order valence-corrected chi connectivity index (χ3v) is 1.81. The minimum absolute atomic E-state index is 0.0563. The number of carbonyl (C=O) groups excluding carboxylic acids is 2. The van der Waals surface area contributed by atoms with Crippen LogP contribution in [-0.2, 0) is 9.53 Å². The van der Waals surface area contributed by atoms with Gasteiger partial charge in [0, 0.05) is 6.04 Å². The summed E-state index contributed by atoms with van der Waals surface area (Å²) in [7, 11) is 0. The molecule has 0 radical (unpaired) electrons. The summed E-state index contributed by atoms with van der Waals surface area (Å²) < 4.78 is 4.99. The summed E-state index contributed by atoms with van der Waals surface area (Å²) in [4.78, 5) is 22.5. The zero-order chi connectivity index (χ0) is 12.8. The summed E-state index contributed by atoms with van der Waals surface area (Å²) >= 11 is 0. The monoisotopic (exact) mass is 230 g/mol. The Morgan fingerprint density at radius 1 is 1.31 bits per heavy atom. The van der Waals surface area contributed by atoms with Gasteiger partial charge in [-0.15, -0.1) is 0 Å². The highest BCUT2D eigenvalue weighted by Gasteiger charge is 2.16. The van der Waals surface area contributed by atoms with Crippen molar-refractivity contribution in [3.05, 3.63) is 0 Å². The number of hydrogen-bond donors (Lipinski definition) is 2. The molecule has 0 heterocycles. The van der Waals surface area contributed by atoms with Crippen LogP contribution >= 0.6 is 0 Å². The molecule has 0 spiro atoms. The maximum atomic E-state index is 11.3. The Morgan fingerprint density at radius 2 is 1.88 bits per heavy atom. The van der Waals surface area contributed by atoms with Gasteiger partial charge < -0.3 is 15.4 Å². The lowest BCUT2D eigenvalue weighted by atomic mass is 10.2. The molecule has 16 heavy (non-hydrogen) atoms. The lowest BCUT2D eigenvalue weighted by Crippen LogP contribution is -2.42. The van der Waals surface area contributed by atoms with Crippen LogP contribution in [0.4, 0.5) is 4.79 Å². The first-order valence-electron chi connectivity index (χ1n) is 5.50. The number of hydrogen-bond acceptors (Lipinski definition) is 3. The second-order valence-corrected chi connectivity index (χ2v) is 4.73. The van der Waals surface area contributed by atoms with E-state index in [0.717, 1.165) is 6.42 Å². The second-order valence-electron chi connectivity index (χ2n) is 4.73. The highest BCUT2D eigenvalue weighted by Crippen LogP contribution is 2.05. The van der Waals surface area contributed by atoms with Crippen LogP contribution < -0.4 is 10.6 Å². The van der Waals surface area contributed by atoms with Gasteiger partial charge in [-0.25, -0.2) is 4.79 Å². The summed E-state index contributed by atoms with van der Waals surface area (Å²) in [5.41, 5.74) is -0.544. The average Bonchev–Trinajstić information content (AvgIpc) is 2.12. The van der Waals surface area contributed by atoms with Gasteiger partial charge in [0.25, 0.3) is 0 Å². The van der Waals surface area contributed by atoms with Crippen LogP contribution in [-0.4, -0.2) is 30.2 Å². The van der Waals surface area contributed by atoms with Crippen LogP contribution in [0.2, 0.25) is 0 Å². The number of rotatable bonds is 4. The summed E-state index contributed by atoms with van der Waals surface area (Å²) in [5, 5.41) is 5.13. The van der Waals surface area contributed by atoms with E-state index in [-0.39, 0.29) is 18.5 Å². The minimum Gasteiger partial charge on any atom is -0.444 e. The Hall–Kier alpha value is -1.26. The van der Waals surface area contributed by atoms with Crippen molar-refractivity contribution in [2.45, 2.75) is 52.7 Å². The maximum Gasteiger partial charge on any atom is 0.408 e. The lowest BCUT2D eigenvalue weighted by Gasteiger charge is -2.19. The van der Waals surface area contributed by atoms with Crippen molar-refractivity contribution in [2.75, 3.05) is 6.54 Å². The third kappa shape index (κ3) is 8.08. The summed E-state index contributed by atoms with van der Waals surface area (Å²) in [6.07, 6.45) is 0.282. The molecule has 0 bridgehead atoms. The zero-order valence-electron chi connectivity index (χ0n) is 10.7. The molecule has 0 aliphatic carbocycles. The van der Waals surface area contributed by atoms with Crippen molar-refractivity contribution in [3.8, 4) is 0 Å². The number of amides is 2. The Labute approximate surface area is 96.9 Å². The minimum atomic E-state index is -0.577. The zero-order valence-corrected chi connectivity index (χ0v) is 10.7. The SMILES string of the molecule is CC[C@@H](C)NC(=O)CNC(=O)OC(C)(C)C. The van der Waals surface area contributed by atoms with Gasteiger partial charge in [-0.05, 0) is 34.1 Å². The van der Waals surface area contributed by atoms with E-state index in [1.54, 1.807) is 20.8 Å². The van der Waals surface area contributed by atoms with E-state index >= 15 is 0 Å². The quantitative estimate of drug-likeness (QED) is 0.767. The van der Waals surface area contributed by atoms with Gasteiger partial charge in [0.1, 0.15) is 12.1 Å². The van der Waals surface area contributed by atoms with E-state index in [0.29, 0.717) is 0 Å². The topological polar surface area (TPSA) is 67.4 Å². The fourth-order valence-corrected chi connectivity index (χ4v) is 0.895. The molecule has 0 aromatic heterocycles. The predicted molar refractivity (Wildman–Crippen MR) is 62.1 cm³/mol. The number of alkyl carbamates (subject to hydrolysis) is 1. The fraction of sp³-hybridized carbons (Fsp3) is 0.818. The average molecular weight is 230 g/mol. The van der Waals surface area contributed by atoms with Crippen LogP contribution in [0.5, 0.6) is 0 Å². The third-order valence-electron chi connectivity index (χ3n) is 1.81. The molecule has 5 nitrogen and oxygen atoms in total. The largest absolute Gasteiger partial charge is 0.444 e. The molecule has 0 aromatic rings. The molecular formula is C11H22N2O3. The lowest BCUT2D eigenvalue weighted by molar-refractivity contribution is -0.120. The fourth-order valence-electron chi connectivity index (χ4n) is 0.895. The highest BCUT2D eigenvalue weighted by atomic mass is 16.6. The van der Waals surface area contributed by atoms with Crippen molar-refractivity contribution < 1.29 is 14.3 Å². The van der Waals surface area contributed by atoms with Gasteiger partial charge in [0.2, 0.25) is 5.91 Å². The van der Waals surface area contributed by atoms with Crippen molar-refractivity contribution in [1.82, 2.24) is 10.6 Å². The van der Waals surface area contributed by atoms with Gasteiger partial charge in [-0.1, -0.05) is 6.92 Å². The molecule has 0 rings (SSSR count). The molecule has 0 aliphatic heterocycles. The van der Waals surface area contributed by atoms with Crippen LogP contribution in [0.3, 0.4) is 0 Å². The molecule has 0 unspecified atom stereocenters. The van der Waals surface area contributed by atoms with E-state index in [2.05, 4.69) is 10.6 Å². The Kier molecular flexibility index (Phi) is 5.85. The van der Waals surface area contributed by atoms with E-state index < -0.39 is 11.7 Å². The number of carbonyl (C=O) groups is 2. The Bertz CT molecular complexity index is 246. The molecule has 0 aliphatic rings. The normalized spacial score (nSPS) is 12.8. The molecule has 0 saturated heterocycles. The molecular weight excluding hydrogens is 208 g/mol. The van der Waals surface area contributed by atoms with Gasteiger partial charge in [0.15, 0.2) is 0 Å². The van der Waals surface area contributed by atoms with E-state index in [1.165, 1.54) is 0 Å². The molecule has 2 N–H and O–H groups in total. The second kappa shape index (κ2) is 6.35. The number of nitrogens with one attached hydrogen (secondary N) is 2. The van der Waals surface area contributed by atoms with Gasteiger partial charge in [-0.3, -0.25) is 4.79 Å². The molecule has 0 aromatic carbocycles. The van der Waals surface area contributed by atoms with Crippen molar-refractivity contribution in [2.24, 2.45) is 0 Å². The van der Waals surface area contributed by atoms with Crippen molar-refractivity contribution in [3.63, 3.8) is 0 Å². The molecule has 0 fully saturated rings. The Morgan fingerprint density at radius 3 is 2.31 bits per heavy atom. The standard InChI is InChI=1S/C11H22N2O3/c1-6-8(2)13-9(14)7-12-10(15)16-11(3,4)5/h8H,6-7H2,1-5H3,(H,12,15)(H,13,14)/t8-/m1/s1. The first-order chi connectivity index (χ1) is 7.24. The molecule has 0 saturated carbocycles. The van der Waals surface area contributed by atoms with Gasteiger partial charge in [-0.2, -0.15) is 0 Å². The van der Waals surface area contributed by atoms with Crippen LogP contribution in [0.15, 0.2) is 0 Å². The van der Waals surface area contributed by atoms with Crippen LogP contribution in [0.1, 0.15) is 41.0 Å². The molecule has 2 amide bonds. The summed E-state index contributed by atoms with van der Waals surface area (Å²) in [6, 6.07) is 0.118. The molecule has 1 atom stereocenters. The highest BCUT2D eigenvalue weighted by molar-refractivity contribution is 5.82. The van der Waals surface area contributed by atoms with Crippen LogP contribution in [0, 0.1) is 0 Å². The van der Waals surface area contributed by atoms with E-state index in [1.807, 2.05) is 13.8 Å². The van der Waals surface area contributed by atoms with Gasteiger partial charge >= 0.3 is 6.09 Å². The Balaban J connectivity index is 3.80. The smallest absolute Gasteiger partial charge is 0.408 e. The van der Waals surface area contributed by atoms with Crippen molar-refractivity contribution >= 4 is 12.0 Å². The van der Waals surface area contributed by atoms with Gasteiger partial charge in [0.05, 0.1) is 0 Å². The van der Waals surface area contributed by atoms with Crippen LogP contribution in [0.25, 0.3) is 0 Å². The molecule has 5 heteroatoms. The maximum absolute atomic E-state index is 11.3. The predicted octanol–water partition coefficient (Wildman–Crippen LogP) is 1.43. The first kappa shape index (κ1) is 14.7. The number of ether oxygens (including phenoxy) is 1. The van der Waals surface area contributed by atoms with Crippen molar-refractivity contribution in [1.29, 1.82) is 0 Å². The first-order valence-corrected chi connectivity index (χ1v) is 5.50.